The number of hydrogen-bond acceptors (Lipinski definition) is 3. The smallest absolute Gasteiger partial charge is 0.269 e. The zero-order valence-corrected chi connectivity index (χ0v) is 14.2. The maximum absolute atomic E-state index is 11.8. The second kappa shape index (κ2) is 9.44. The van der Waals surface area contributed by atoms with Crippen molar-refractivity contribution in [1.29, 1.82) is 0 Å². The maximum atomic E-state index is 11.8. The number of amides is 3. The van der Waals surface area contributed by atoms with E-state index in [-0.39, 0.29) is 25.3 Å². The number of rotatable bonds is 6. The Bertz CT molecular complexity index is 733. The second-order valence-corrected chi connectivity index (χ2v) is 5.71. The van der Waals surface area contributed by atoms with Crippen LogP contribution in [0.5, 0.6) is 0 Å². The van der Waals surface area contributed by atoms with E-state index in [9.17, 15) is 14.4 Å². The van der Waals surface area contributed by atoms with E-state index in [0.29, 0.717) is 10.6 Å². The van der Waals surface area contributed by atoms with Gasteiger partial charge in [0, 0.05) is 23.6 Å². The van der Waals surface area contributed by atoms with Crippen molar-refractivity contribution in [3.05, 3.63) is 70.7 Å². The predicted octanol–water partition coefficient (Wildman–Crippen LogP) is 1.85. The van der Waals surface area contributed by atoms with Gasteiger partial charge in [0.25, 0.3) is 5.91 Å². The molecule has 0 aliphatic heterocycles. The Morgan fingerprint density at radius 3 is 2.20 bits per heavy atom. The Balaban J connectivity index is 1.64. The van der Waals surface area contributed by atoms with E-state index in [0.717, 1.165) is 5.56 Å². The summed E-state index contributed by atoms with van der Waals surface area (Å²) in [6.45, 7) is 0.189. The number of nitrogens with one attached hydrogen (secondary N) is 3. The lowest BCUT2D eigenvalue weighted by atomic mass is 10.1. The minimum Gasteiger partial charge on any atom is -0.355 e. The van der Waals surface area contributed by atoms with Crippen LogP contribution in [0.1, 0.15) is 22.3 Å². The van der Waals surface area contributed by atoms with Gasteiger partial charge in [-0.25, -0.2) is 0 Å². The molecule has 3 N–H and O–H groups in total. The molecule has 2 rings (SSSR count). The molecule has 0 unspecified atom stereocenters. The van der Waals surface area contributed by atoms with E-state index in [1.165, 1.54) is 0 Å². The quantitative estimate of drug-likeness (QED) is 0.688. The number of carbonyl (C=O) groups excluding carboxylic acids is 3. The van der Waals surface area contributed by atoms with Crippen molar-refractivity contribution in [3.8, 4) is 0 Å². The molecule has 25 heavy (non-hydrogen) atoms. The summed E-state index contributed by atoms with van der Waals surface area (Å²) in [5.74, 6) is -1.01. The van der Waals surface area contributed by atoms with E-state index in [4.69, 9.17) is 11.6 Å². The van der Waals surface area contributed by atoms with Gasteiger partial charge in [0.15, 0.2) is 0 Å². The van der Waals surface area contributed by atoms with E-state index >= 15 is 0 Å². The summed E-state index contributed by atoms with van der Waals surface area (Å²) >= 11 is 5.74. The van der Waals surface area contributed by atoms with Crippen LogP contribution in [0.25, 0.3) is 0 Å². The highest BCUT2D eigenvalue weighted by molar-refractivity contribution is 6.30. The largest absolute Gasteiger partial charge is 0.355 e. The minimum atomic E-state index is -0.446. The average molecular weight is 360 g/mol. The first-order valence-electron chi connectivity index (χ1n) is 7.70. The second-order valence-electron chi connectivity index (χ2n) is 5.27. The van der Waals surface area contributed by atoms with Gasteiger partial charge >= 0.3 is 0 Å². The van der Waals surface area contributed by atoms with Crippen LogP contribution >= 0.6 is 11.6 Å². The van der Waals surface area contributed by atoms with Crippen molar-refractivity contribution in [2.24, 2.45) is 0 Å². The zero-order chi connectivity index (χ0) is 18.1. The van der Waals surface area contributed by atoms with Crippen LogP contribution in [0, 0.1) is 0 Å². The molecule has 0 fully saturated rings. The topological polar surface area (TPSA) is 87.3 Å². The van der Waals surface area contributed by atoms with Crippen LogP contribution in [0.4, 0.5) is 0 Å². The van der Waals surface area contributed by atoms with Gasteiger partial charge in [-0.3, -0.25) is 25.2 Å². The highest BCUT2D eigenvalue weighted by Crippen LogP contribution is 2.08. The van der Waals surface area contributed by atoms with Gasteiger partial charge in [0.2, 0.25) is 11.8 Å². The molecule has 2 aromatic rings. The summed E-state index contributed by atoms with van der Waals surface area (Å²) in [6, 6.07) is 15.6. The van der Waals surface area contributed by atoms with Crippen LogP contribution in [0.3, 0.4) is 0 Å². The van der Waals surface area contributed by atoms with Gasteiger partial charge in [-0.1, -0.05) is 41.9 Å². The molecule has 7 heteroatoms. The monoisotopic (exact) mass is 359 g/mol. The van der Waals surface area contributed by atoms with E-state index in [1.807, 2.05) is 30.3 Å². The molecular weight excluding hydrogens is 342 g/mol. The van der Waals surface area contributed by atoms with Crippen molar-refractivity contribution in [3.63, 3.8) is 0 Å². The van der Waals surface area contributed by atoms with E-state index in [2.05, 4.69) is 16.2 Å². The lowest BCUT2D eigenvalue weighted by molar-refractivity contribution is -0.122. The number of halogens is 1. The highest BCUT2D eigenvalue weighted by Gasteiger charge is 2.08. The van der Waals surface area contributed by atoms with Gasteiger partial charge in [-0.15, -0.1) is 0 Å². The third-order valence-electron chi connectivity index (χ3n) is 3.30. The Morgan fingerprint density at radius 1 is 0.840 bits per heavy atom. The third kappa shape index (κ3) is 6.64. The standard InChI is InChI=1S/C18H18ClN3O3/c19-15-8-6-14(7-9-15)18(25)22-21-16(23)10-11-20-17(24)12-13-4-2-1-3-5-13/h1-9H,10-12H2,(H,20,24)(H,21,23)(H,22,25). The van der Waals surface area contributed by atoms with Gasteiger partial charge in [0.1, 0.15) is 0 Å². The number of hydrazine groups is 1. The van der Waals surface area contributed by atoms with Crippen molar-refractivity contribution < 1.29 is 14.4 Å². The lowest BCUT2D eigenvalue weighted by Gasteiger charge is -2.08. The predicted molar refractivity (Wildman–Crippen MR) is 94.8 cm³/mol. The molecule has 0 bridgehead atoms. The minimum absolute atomic E-state index is 0.0570. The fourth-order valence-electron chi connectivity index (χ4n) is 2.02. The van der Waals surface area contributed by atoms with Crippen molar-refractivity contribution in [2.75, 3.05) is 6.54 Å². The maximum Gasteiger partial charge on any atom is 0.269 e. The van der Waals surface area contributed by atoms with Crippen LogP contribution in [-0.4, -0.2) is 24.3 Å². The SMILES string of the molecule is O=C(Cc1ccccc1)NCCC(=O)NNC(=O)c1ccc(Cl)cc1. The molecule has 0 saturated carbocycles. The fourth-order valence-corrected chi connectivity index (χ4v) is 2.15. The molecule has 0 heterocycles. The Labute approximate surface area is 150 Å². The van der Waals surface area contributed by atoms with E-state index in [1.54, 1.807) is 24.3 Å². The summed E-state index contributed by atoms with van der Waals surface area (Å²) in [5.41, 5.74) is 5.88. The molecule has 0 aliphatic carbocycles. The summed E-state index contributed by atoms with van der Waals surface area (Å²) in [4.78, 5) is 35.2. The molecule has 130 valence electrons. The van der Waals surface area contributed by atoms with Gasteiger partial charge in [-0.05, 0) is 29.8 Å². The van der Waals surface area contributed by atoms with Crippen LogP contribution in [0.2, 0.25) is 5.02 Å². The number of benzene rings is 2. The summed E-state index contributed by atoms with van der Waals surface area (Å²) in [7, 11) is 0. The molecule has 0 saturated heterocycles. The number of carbonyl (C=O) groups is 3. The first-order chi connectivity index (χ1) is 12.0. The van der Waals surface area contributed by atoms with Crippen LogP contribution in [-0.2, 0) is 16.0 Å². The normalized spacial score (nSPS) is 9.96. The molecule has 3 amide bonds. The lowest BCUT2D eigenvalue weighted by Crippen LogP contribution is -2.42. The zero-order valence-electron chi connectivity index (χ0n) is 13.4. The molecule has 6 nitrogen and oxygen atoms in total. The molecule has 0 atom stereocenters. The van der Waals surface area contributed by atoms with Crippen LogP contribution < -0.4 is 16.2 Å². The van der Waals surface area contributed by atoms with E-state index < -0.39 is 11.8 Å². The van der Waals surface area contributed by atoms with Crippen molar-refractivity contribution >= 4 is 29.3 Å². The summed E-state index contributed by atoms with van der Waals surface area (Å²) < 4.78 is 0. The van der Waals surface area contributed by atoms with Crippen LogP contribution in [0.15, 0.2) is 54.6 Å². The Morgan fingerprint density at radius 2 is 1.52 bits per heavy atom. The molecule has 2 aromatic carbocycles. The molecule has 0 aromatic heterocycles. The first kappa shape index (κ1) is 18.5. The molecule has 0 aliphatic rings. The number of hydrogen-bond donors (Lipinski definition) is 3. The Hall–Kier alpha value is -2.86. The fraction of sp³-hybridized carbons (Fsp3) is 0.167. The van der Waals surface area contributed by atoms with Crippen molar-refractivity contribution in [1.82, 2.24) is 16.2 Å². The summed E-state index contributed by atoms with van der Waals surface area (Å²) in [5, 5.41) is 3.18. The van der Waals surface area contributed by atoms with Crippen molar-refractivity contribution in [2.45, 2.75) is 12.8 Å². The molecule has 0 radical (unpaired) electrons. The Kier molecular flexibility index (Phi) is 6.98. The van der Waals surface area contributed by atoms with Gasteiger partial charge < -0.3 is 5.32 Å². The summed E-state index contributed by atoms with van der Waals surface area (Å²) in [6.07, 6.45) is 0.317. The molecular formula is C18H18ClN3O3. The third-order valence-corrected chi connectivity index (χ3v) is 3.56. The average Bonchev–Trinajstić information content (AvgIpc) is 2.61. The molecule has 0 spiro atoms. The first-order valence-corrected chi connectivity index (χ1v) is 8.08. The van der Waals surface area contributed by atoms with Gasteiger partial charge in [-0.2, -0.15) is 0 Å². The van der Waals surface area contributed by atoms with Gasteiger partial charge in [0.05, 0.1) is 6.42 Å². The highest BCUT2D eigenvalue weighted by atomic mass is 35.5.